The van der Waals surface area contributed by atoms with Crippen molar-refractivity contribution in [2.45, 2.75) is 6.04 Å². The molecule has 1 N–H and O–H groups in total. The minimum Gasteiger partial charge on any atom is -0.480 e. The first-order valence-corrected chi connectivity index (χ1v) is 5.74. The second kappa shape index (κ2) is 4.04. The number of carboxylic acids is 1. The summed E-state index contributed by atoms with van der Waals surface area (Å²) in [6.07, 6.45) is 0. The van der Waals surface area contributed by atoms with Gasteiger partial charge in [0.15, 0.2) is 17.5 Å². The summed E-state index contributed by atoms with van der Waals surface area (Å²) in [7, 11) is 1.57. The van der Waals surface area contributed by atoms with Gasteiger partial charge < -0.3 is 19.5 Å². The first-order valence-electron chi connectivity index (χ1n) is 5.74. The van der Waals surface area contributed by atoms with Crippen molar-refractivity contribution in [2.24, 2.45) is 0 Å². The van der Waals surface area contributed by atoms with Gasteiger partial charge in [-0.2, -0.15) is 0 Å². The number of carbonyl (C=O) groups is 2. The molecule has 7 nitrogen and oxygen atoms in total. The van der Waals surface area contributed by atoms with Crippen LogP contribution < -0.4 is 14.4 Å². The predicted octanol–water partition coefficient (Wildman–Crippen LogP) is 0.740. The number of benzene rings is 1. The monoisotopic (exact) mass is 264 g/mol. The first-order chi connectivity index (χ1) is 9.08. The molecule has 100 valence electrons. The molecule has 1 aromatic carbocycles. The Morgan fingerprint density at radius 2 is 2.11 bits per heavy atom. The van der Waals surface area contributed by atoms with Crippen LogP contribution in [-0.2, 0) is 4.79 Å². The fraction of sp³-hybridized carbons (Fsp3) is 0.333. The van der Waals surface area contributed by atoms with Gasteiger partial charge in [-0.3, -0.25) is 4.90 Å². The Labute approximate surface area is 108 Å². The normalized spacial score (nSPS) is 21.1. The van der Waals surface area contributed by atoms with E-state index in [2.05, 4.69) is 0 Å². The van der Waals surface area contributed by atoms with Crippen molar-refractivity contribution in [2.75, 3.05) is 25.3 Å². The maximum Gasteiger partial charge on any atom is 0.328 e. The van der Waals surface area contributed by atoms with E-state index in [1.165, 1.54) is 9.80 Å². The minimum absolute atomic E-state index is 0.134. The van der Waals surface area contributed by atoms with Gasteiger partial charge >= 0.3 is 12.0 Å². The second-order valence-electron chi connectivity index (χ2n) is 4.42. The summed E-state index contributed by atoms with van der Waals surface area (Å²) in [5, 5.41) is 9.20. The van der Waals surface area contributed by atoms with E-state index >= 15 is 0 Å². The molecule has 1 saturated heterocycles. The lowest BCUT2D eigenvalue weighted by Crippen LogP contribution is -2.39. The average Bonchev–Trinajstić information content (AvgIpc) is 2.94. The molecule has 2 aliphatic heterocycles. The Hall–Kier alpha value is -2.44. The zero-order chi connectivity index (χ0) is 13.6. The molecule has 0 radical (unpaired) electrons. The highest BCUT2D eigenvalue weighted by Crippen LogP contribution is 2.37. The number of fused-ring (bicyclic) bond motifs is 1. The summed E-state index contributed by atoms with van der Waals surface area (Å²) in [6.45, 7) is 0.289. The molecular formula is C12H12N2O5. The Kier molecular flexibility index (Phi) is 2.48. The number of nitrogens with zero attached hydrogens (tertiary/aromatic N) is 2. The van der Waals surface area contributed by atoms with Crippen molar-refractivity contribution in [1.29, 1.82) is 0 Å². The SMILES string of the molecule is CN1CC(C(=O)O)N(c2ccc3c(c2)OCO3)C1=O. The molecule has 0 bridgehead atoms. The van der Waals surface area contributed by atoms with Crippen LogP contribution in [0.2, 0.25) is 0 Å². The van der Waals surface area contributed by atoms with Gasteiger partial charge in [-0.15, -0.1) is 0 Å². The molecule has 3 rings (SSSR count). The molecule has 1 aromatic rings. The van der Waals surface area contributed by atoms with E-state index in [4.69, 9.17) is 9.47 Å². The Balaban J connectivity index is 1.99. The Bertz CT molecular complexity index is 559. The van der Waals surface area contributed by atoms with E-state index < -0.39 is 12.0 Å². The lowest BCUT2D eigenvalue weighted by molar-refractivity contribution is -0.138. The van der Waals surface area contributed by atoms with Crippen molar-refractivity contribution in [3.63, 3.8) is 0 Å². The minimum atomic E-state index is -1.03. The van der Waals surface area contributed by atoms with Crippen LogP contribution in [0.4, 0.5) is 10.5 Å². The molecule has 2 amide bonds. The number of amides is 2. The molecule has 0 aliphatic carbocycles. The van der Waals surface area contributed by atoms with E-state index in [1.54, 1.807) is 25.2 Å². The van der Waals surface area contributed by atoms with Gasteiger partial charge in [0.2, 0.25) is 6.79 Å². The molecule has 1 fully saturated rings. The molecule has 1 atom stereocenters. The van der Waals surface area contributed by atoms with Crippen LogP contribution >= 0.6 is 0 Å². The molecule has 2 aliphatic rings. The van der Waals surface area contributed by atoms with Crippen LogP contribution in [-0.4, -0.2) is 48.4 Å². The number of carbonyl (C=O) groups excluding carboxylic acids is 1. The van der Waals surface area contributed by atoms with Crippen LogP contribution in [0.1, 0.15) is 0 Å². The zero-order valence-corrected chi connectivity index (χ0v) is 10.2. The van der Waals surface area contributed by atoms with Crippen LogP contribution in [0.5, 0.6) is 11.5 Å². The number of hydrogen-bond donors (Lipinski definition) is 1. The number of urea groups is 1. The summed E-state index contributed by atoms with van der Waals surface area (Å²) < 4.78 is 10.4. The average molecular weight is 264 g/mol. The molecular weight excluding hydrogens is 252 g/mol. The smallest absolute Gasteiger partial charge is 0.328 e. The predicted molar refractivity (Wildman–Crippen MR) is 64.5 cm³/mol. The number of likely N-dealkylation sites (N-methyl/N-ethyl adjacent to an activating group) is 1. The van der Waals surface area contributed by atoms with Gasteiger partial charge in [0.1, 0.15) is 0 Å². The lowest BCUT2D eigenvalue weighted by atomic mass is 10.2. The molecule has 1 unspecified atom stereocenters. The topological polar surface area (TPSA) is 79.3 Å². The van der Waals surface area contributed by atoms with E-state index in [0.717, 1.165) is 0 Å². The van der Waals surface area contributed by atoms with Gasteiger partial charge in [-0.25, -0.2) is 9.59 Å². The van der Waals surface area contributed by atoms with Crippen LogP contribution in [0.25, 0.3) is 0 Å². The summed E-state index contributed by atoms with van der Waals surface area (Å²) in [5.74, 6) is 0.0787. The molecule has 2 heterocycles. The largest absolute Gasteiger partial charge is 0.480 e. The number of ether oxygens (including phenoxy) is 2. The number of carboxylic acid groups (broad SMARTS) is 1. The number of anilines is 1. The van der Waals surface area contributed by atoms with Crippen LogP contribution in [0.3, 0.4) is 0 Å². The first kappa shape index (κ1) is 11.6. The fourth-order valence-electron chi connectivity index (χ4n) is 2.25. The Morgan fingerprint density at radius 1 is 1.37 bits per heavy atom. The van der Waals surface area contributed by atoms with Gasteiger partial charge in [0.25, 0.3) is 0 Å². The summed E-state index contributed by atoms with van der Waals surface area (Å²) >= 11 is 0. The van der Waals surface area contributed by atoms with Gasteiger partial charge in [-0.05, 0) is 12.1 Å². The standard InChI is InChI=1S/C12H12N2O5/c1-13-5-8(11(15)16)14(12(13)17)7-2-3-9-10(4-7)19-6-18-9/h2-4,8H,5-6H2,1H3,(H,15,16). The fourth-order valence-corrected chi connectivity index (χ4v) is 2.25. The zero-order valence-electron chi connectivity index (χ0n) is 10.2. The Morgan fingerprint density at radius 3 is 2.84 bits per heavy atom. The molecule has 7 heteroatoms. The quantitative estimate of drug-likeness (QED) is 0.852. The van der Waals surface area contributed by atoms with Crippen LogP contribution in [0.15, 0.2) is 18.2 Å². The highest BCUT2D eigenvalue weighted by Gasteiger charge is 2.41. The molecule has 19 heavy (non-hydrogen) atoms. The second-order valence-corrected chi connectivity index (χ2v) is 4.42. The number of aliphatic carboxylic acids is 1. The van der Waals surface area contributed by atoms with Gasteiger partial charge in [0, 0.05) is 13.1 Å². The van der Waals surface area contributed by atoms with Crippen molar-refractivity contribution in [3.8, 4) is 11.5 Å². The molecule has 0 spiro atoms. The third-order valence-corrected chi connectivity index (χ3v) is 3.21. The number of hydrogen-bond acceptors (Lipinski definition) is 4. The summed E-state index contributed by atoms with van der Waals surface area (Å²) in [4.78, 5) is 25.9. The highest BCUT2D eigenvalue weighted by atomic mass is 16.7. The number of rotatable bonds is 2. The lowest BCUT2D eigenvalue weighted by Gasteiger charge is -2.20. The van der Waals surface area contributed by atoms with Crippen molar-refractivity contribution in [3.05, 3.63) is 18.2 Å². The third-order valence-electron chi connectivity index (χ3n) is 3.21. The molecule has 0 saturated carbocycles. The van der Waals surface area contributed by atoms with E-state index in [1.807, 2.05) is 0 Å². The van der Waals surface area contributed by atoms with Crippen molar-refractivity contribution in [1.82, 2.24) is 4.90 Å². The van der Waals surface area contributed by atoms with Gasteiger partial charge in [0.05, 0.1) is 12.2 Å². The van der Waals surface area contributed by atoms with E-state index in [9.17, 15) is 14.7 Å². The summed E-state index contributed by atoms with van der Waals surface area (Å²) in [5.41, 5.74) is 0.492. The van der Waals surface area contributed by atoms with Crippen LogP contribution in [0, 0.1) is 0 Å². The maximum atomic E-state index is 12.0. The highest BCUT2D eigenvalue weighted by molar-refractivity contribution is 6.01. The summed E-state index contributed by atoms with van der Waals surface area (Å²) in [6, 6.07) is 3.71. The van der Waals surface area contributed by atoms with Crippen molar-refractivity contribution < 1.29 is 24.2 Å². The van der Waals surface area contributed by atoms with E-state index in [-0.39, 0.29) is 19.4 Å². The third kappa shape index (κ3) is 1.74. The molecule has 0 aromatic heterocycles. The maximum absolute atomic E-state index is 12.0. The van der Waals surface area contributed by atoms with Crippen molar-refractivity contribution >= 4 is 17.7 Å². The van der Waals surface area contributed by atoms with Gasteiger partial charge in [-0.1, -0.05) is 0 Å². The van der Waals surface area contributed by atoms with E-state index in [0.29, 0.717) is 17.2 Å².